The zero-order valence-corrected chi connectivity index (χ0v) is 12.0. The van der Waals surface area contributed by atoms with Crippen LogP contribution in [0.2, 0.25) is 0 Å². The highest BCUT2D eigenvalue weighted by molar-refractivity contribution is 5.81. The number of hydrogen-bond donors (Lipinski definition) is 3. The number of aliphatic hydroxyl groups excluding tert-OH is 1. The van der Waals surface area contributed by atoms with E-state index in [0.29, 0.717) is 12.0 Å². The van der Waals surface area contributed by atoms with E-state index in [1.165, 1.54) is 5.56 Å². The smallest absolute Gasteiger partial charge is 0.191 e. The third kappa shape index (κ3) is 2.66. The molecule has 0 bridgehead atoms. The molecule has 4 nitrogen and oxygen atoms in total. The zero-order valence-electron chi connectivity index (χ0n) is 12.0. The SMILES string of the molecule is CC1CN=C(NCC2(CO)CC(c3ccccc3)C2)N1. The normalized spacial score (nSPS) is 32.2. The highest BCUT2D eigenvalue weighted by Gasteiger charge is 2.44. The minimum absolute atomic E-state index is 0.0105. The molecule has 3 rings (SSSR count). The second kappa shape index (κ2) is 5.44. The van der Waals surface area contributed by atoms with Gasteiger partial charge in [0.05, 0.1) is 13.2 Å². The van der Waals surface area contributed by atoms with Crippen LogP contribution in [0.3, 0.4) is 0 Å². The van der Waals surface area contributed by atoms with Gasteiger partial charge in [0.15, 0.2) is 5.96 Å². The lowest BCUT2D eigenvalue weighted by Crippen LogP contribution is -2.50. The Balaban J connectivity index is 1.53. The van der Waals surface area contributed by atoms with Gasteiger partial charge < -0.3 is 15.7 Å². The van der Waals surface area contributed by atoms with E-state index < -0.39 is 0 Å². The second-order valence-corrected chi connectivity index (χ2v) is 6.26. The van der Waals surface area contributed by atoms with Gasteiger partial charge in [0.25, 0.3) is 0 Å². The maximum atomic E-state index is 9.73. The first-order valence-corrected chi connectivity index (χ1v) is 7.41. The molecule has 1 atom stereocenters. The fourth-order valence-electron chi connectivity index (χ4n) is 3.21. The van der Waals surface area contributed by atoms with Crippen LogP contribution in [-0.4, -0.2) is 36.8 Å². The monoisotopic (exact) mass is 273 g/mol. The molecular weight excluding hydrogens is 250 g/mol. The lowest BCUT2D eigenvalue weighted by atomic mass is 9.60. The summed E-state index contributed by atoms with van der Waals surface area (Å²) in [5, 5.41) is 16.4. The maximum absolute atomic E-state index is 9.73. The van der Waals surface area contributed by atoms with Crippen LogP contribution in [0.1, 0.15) is 31.2 Å². The van der Waals surface area contributed by atoms with Crippen LogP contribution >= 0.6 is 0 Å². The maximum Gasteiger partial charge on any atom is 0.191 e. The molecule has 0 radical (unpaired) electrons. The molecule has 1 heterocycles. The van der Waals surface area contributed by atoms with Gasteiger partial charge in [0.2, 0.25) is 0 Å². The van der Waals surface area contributed by atoms with Gasteiger partial charge in [0.1, 0.15) is 0 Å². The van der Waals surface area contributed by atoms with Gasteiger partial charge in [-0.1, -0.05) is 30.3 Å². The number of hydrogen-bond acceptors (Lipinski definition) is 4. The number of benzene rings is 1. The summed E-state index contributed by atoms with van der Waals surface area (Å²) in [5.41, 5.74) is 1.40. The van der Waals surface area contributed by atoms with Gasteiger partial charge in [-0.25, -0.2) is 0 Å². The number of aliphatic imine (C=N–C) groups is 1. The van der Waals surface area contributed by atoms with Crippen molar-refractivity contribution in [1.82, 2.24) is 10.6 Å². The van der Waals surface area contributed by atoms with E-state index in [1.54, 1.807) is 0 Å². The third-order valence-electron chi connectivity index (χ3n) is 4.50. The highest BCUT2D eigenvalue weighted by atomic mass is 16.3. The molecule has 0 aromatic heterocycles. The molecule has 0 saturated heterocycles. The predicted molar refractivity (Wildman–Crippen MR) is 80.8 cm³/mol. The van der Waals surface area contributed by atoms with E-state index in [1.807, 2.05) is 6.07 Å². The van der Waals surface area contributed by atoms with E-state index in [2.05, 4.69) is 46.8 Å². The summed E-state index contributed by atoms with van der Waals surface area (Å²) in [6.45, 7) is 3.99. The molecule has 0 amide bonds. The Morgan fingerprint density at radius 2 is 2.10 bits per heavy atom. The minimum atomic E-state index is 0.0105. The number of rotatable bonds is 4. The Morgan fingerprint density at radius 3 is 2.70 bits per heavy atom. The lowest BCUT2D eigenvalue weighted by molar-refractivity contribution is 0.0294. The van der Waals surface area contributed by atoms with Crippen LogP contribution in [0.5, 0.6) is 0 Å². The quantitative estimate of drug-likeness (QED) is 0.779. The first kappa shape index (κ1) is 13.4. The highest BCUT2D eigenvalue weighted by Crippen LogP contribution is 2.50. The molecule has 1 unspecified atom stereocenters. The van der Waals surface area contributed by atoms with Gasteiger partial charge in [-0.2, -0.15) is 0 Å². The summed E-state index contributed by atoms with van der Waals surface area (Å²) < 4.78 is 0. The van der Waals surface area contributed by atoms with Crippen LogP contribution in [0.25, 0.3) is 0 Å². The van der Waals surface area contributed by atoms with Crippen molar-refractivity contribution in [2.24, 2.45) is 10.4 Å². The molecule has 1 saturated carbocycles. The van der Waals surface area contributed by atoms with Crippen LogP contribution in [0, 0.1) is 5.41 Å². The Hall–Kier alpha value is -1.55. The van der Waals surface area contributed by atoms with E-state index in [9.17, 15) is 5.11 Å². The number of nitrogens with one attached hydrogen (secondary N) is 2. The van der Waals surface area contributed by atoms with Crippen molar-refractivity contribution in [2.45, 2.75) is 31.7 Å². The summed E-state index contributed by atoms with van der Waals surface area (Å²) in [4.78, 5) is 4.40. The summed E-state index contributed by atoms with van der Waals surface area (Å²) in [6.07, 6.45) is 2.09. The molecule has 1 aliphatic carbocycles. The van der Waals surface area contributed by atoms with Crippen molar-refractivity contribution < 1.29 is 5.11 Å². The van der Waals surface area contributed by atoms with Crippen molar-refractivity contribution in [3.05, 3.63) is 35.9 Å². The number of guanidine groups is 1. The van der Waals surface area contributed by atoms with Gasteiger partial charge >= 0.3 is 0 Å². The van der Waals surface area contributed by atoms with Crippen molar-refractivity contribution >= 4 is 5.96 Å². The summed E-state index contributed by atoms with van der Waals surface area (Å²) in [5.74, 6) is 1.47. The average molecular weight is 273 g/mol. The van der Waals surface area contributed by atoms with E-state index >= 15 is 0 Å². The van der Waals surface area contributed by atoms with E-state index in [0.717, 1.165) is 31.9 Å². The fraction of sp³-hybridized carbons (Fsp3) is 0.562. The topological polar surface area (TPSA) is 56.7 Å². The molecule has 4 heteroatoms. The Morgan fingerprint density at radius 1 is 1.35 bits per heavy atom. The molecular formula is C16H23N3O. The third-order valence-corrected chi connectivity index (χ3v) is 4.50. The standard InChI is InChI=1S/C16H23N3O/c1-12-9-17-15(19-12)18-10-16(11-20)7-14(8-16)13-5-3-2-4-6-13/h2-6,12,14,20H,7-11H2,1H3,(H2,17,18,19). The van der Waals surface area contributed by atoms with Gasteiger partial charge in [-0.3, -0.25) is 4.99 Å². The van der Waals surface area contributed by atoms with Crippen LogP contribution < -0.4 is 10.6 Å². The molecule has 20 heavy (non-hydrogen) atoms. The van der Waals surface area contributed by atoms with Crippen molar-refractivity contribution in [3.8, 4) is 0 Å². The number of aliphatic hydroxyl groups is 1. The summed E-state index contributed by atoms with van der Waals surface area (Å²) >= 11 is 0. The molecule has 1 fully saturated rings. The number of nitrogens with zero attached hydrogens (tertiary/aromatic N) is 1. The van der Waals surface area contributed by atoms with Gasteiger partial charge in [0, 0.05) is 18.0 Å². The Kier molecular flexibility index (Phi) is 3.66. The first-order valence-electron chi connectivity index (χ1n) is 7.41. The average Bonchev–Trinajstić information content (AvgIpc) is 2.85. The van der Waals surface area contributed by atoms with Crippen molar-refractivity contribution in [3.63, 3.8) is 0 Å². The molecule has 3 N–H and O–H groups in total. The molecule has 0 spiro atoms. The molecule has 108 valence electrons. The lowest BCUT2D eigenvalue weighted by Gasteiger charge is -2.47. The van der Waals surface area contributed by atoms with E-state index in [-0.39, 0.29) is 12.0 Å². The van der Waals surface area contributed by atoms with Crippen LogP contribution in [0.4, 0.5) is 0 Å². The van der Waals surface area contributed by atoms with Crippen molar-refractivity contribution in [1.29, 1.82) is 0 Å². The first-order chi connectivity index (χ1) is 9.71. The van der Waals surface area contributed by atoms with E-state index in [4.69, 9.17) is 0 Å². The molecule has 1 aromatic rings. The summed E-state index contributed by atoms with van der Waals surface area (Å²) in [7, 11) is 0. The molecule has 1 aliphatic heterocycles. The fourth-order valence-corrected chi connectivity index (χ4v) is 3.21. The van der Waals surface area contributed by atoms with Crippen molar-refractivity contribution in [2.75, 3.05) is 19.7 Å². The molecule has 2 aliphatic rings. The Labute approximate surface area is 120 Å². The minimum Gasteiger partial charge on any atom is -0.396 e. The molecule has 1 aromatic carbocycles. The van der Waals surface area contributed by atoms with Crippen LogP contribution in [0.15, 0.2) is 35.3 Å². The second-order valence-electron chi connectivity index (χ2n) is 6.26. The van der Waals surface area contributed by atoms with Crippen LogP contribution in [-0.2, 0) is 0 Å². The Bertz CT molecular complexity index is 480. The largest absolute Gasteiger partial charge is 0.396 e. The van der Waals surface area contributed by atoms with Gasteiger partial charge in [-0.05, 0) is 31.2 Å². The predicted octanol–water partition coefficient (Wildman–Crippen LogP) is 1.48. The zero-order chi connectivity index (χ0) is 14.0. The summed E-state index contributed by atoms with van der Waals surface area (Å²) in [6, 6.07) is 11.0. The van der Waals surface area contributed by atoms with Gasteiger partial charge in [-0.15, -0.1) is 0 Å².